The Kier molecular flexibility index (Phi) is 4.88. The van der Waals surface area contributed by atoms with Crippen LogP contribution in [0.25, 0.3) is 6.08 Å². The van der Waals surface area contributed by atoms with Crippen LogP contribution in [0.15, 0.2) is 28.9 Å². The number of carbonyl (C=O) groups excluding carboxylic acids is 1. The lowest BCUT2D eigenvalue weighted by Gasteiger charge is -2.27. The highest BCUT2D eigenvalue weighted by Gasteiger charge is 2.27. The number of rotatable bonds is 3. The predicted octanol–water partition coefficient (Wildman–Crippen LogP) is 2.01. The van der Waals surface area contributed by atoms with Crippen molar-refractivity contribution >= 4 is 28.1 Å². The van der Waals surface area contributed by atoms with Gasteiger partial charge >= 0.3 is 0 Å². The molecule has 0 bridgehead atoms. The summed E-state index contributed by atoms with van der Waals surface area (Å²) in [6.45, 7) is 2.87. The number of aliphatic imine (C=N–C) groups is 1. The summed E-state index contributed by atoms with van der Waals surface area (Å²) in [6.07, 6.45) is 1.77. The van der Waals surface area contributed by atoms with Gasteiger partial charge in [-0.3, -0.25) is 4.79 Å². The number of methoxy groups -OCH3 is 2. The molecule has 1 aromatic carbocycles. The van der Waals surface area contributed by atoms with Crippen LogP contribution in [0.4, 0.5) is 0 Å². The molecule has 0 atom stereocenters. The van der Waals surface area contributed by atoms with Crippen molar-refractivity contribution in [1.29, 1.82) is 0 Å². The summed E-state index contributed by atoms with van der Waals surface area (Å²) in [5.41, 5.74) is 1.29. The second-order valence-electron chi connectivity index (χ2n) is 5.03. The molecule has 1 fully saturated rings. The minimum absolute atomic E-state index is 0.0405. The molecule has 1 saturated heterocycles. The van der Waals surface area contributed by atoms with E-state index in [-0.39, 0.29) is 5.12 Å². The highest BCUT2D eigenvalue weighted by atomic mass is 32.2. The maximum Gasteiger partial charge on any atom is 0.245 e. The van der Waals surface area contributed by atoms with Crippen molar-refractivity contribution in [3.8, 4) is 11.5 Å². The SMILES string of the molecule is COc1ccc(C=C2N=C(N3CCOCC3)SC2=O)cc1OC. The molecule has 0 amide bonds. The summed E-state index contributed by atoms with van der Waals surface area (Å²) in [5.74, 6) is 1.27. The van der Waals surface area contributed by atoms with E-state index in [2.05, 4.69) is 9.89 Å². The topological polar surface area (TPSA) is 60.4 Å². The molecule has 6 nitrogen and oxygen atoms in total. The van der Waals surface area contributed by atoms with Gasteiger partial charge in [0.2, 0.25) is 5.12 Å². The van der Waals surface area contributed by atoms with Gasteiger partial charge < -0.3 is 19.1 Å². The van der Waals surface area contributed by atoms with E-state index in [1.165, 1.54) is 11.8 Å². The third-order valence-electron chi connectivity index (χ3n) is 3.60. The first-order valence-electron chi connectivity index (χ1n) is 7.28. The van der Waals surface area contributed by atoms with Crippen LogP contribution < -0.4 is 9.47 Å². The highest BCUT2D eigenvalue weighted by molar-refractivity contribution is 8.27. The van der Waals surface area contributed by atoms with E-state index in [1.54, 1.807) is 20.3 Å². The Hall–Kier alpha value is -1.99. The molecule has 2 aliphatic heterocycles. The fourth-order valence-electron chi connectivity index (χ4n) is 2.39. The van der Waals surface area contributed by atoms with Crippen molar-refractivity contribution in [2.75, 3.05) is 40.5 Å². The molecule has 0 radical (unpaired) electrons. The maximum absolute atomic E-state index is 12.2. The van der Waals surface area contributed by atoms with E-state index in [0.29, 0.717) is 30.4 Å². The molecule has 3 rings (SSSR count). The summed E-state index contributed by atoms with van der Waals surface area (Å²) in [6, 6.07) is 5.50. The quantitative estimate of drug-likeness (QED) is 0.788. The van der Waals surface area contributed by atoms with Crippen LogP contribution in [0.3, 0.4) is 0 Å². The maximum atomic E-state index is 12.2. The van der Waals surface area contributed by atoms with E-state index in [0.717, 1.165) is 23.8 Å². The van der Waals surface area contributed by atoms with Crippen LogP contribution in [-0.4, -0.2) is 55.7 Å². The van der Waals surface area contributed by atoms with Crippen molar-refractivity contribution in [3.63, 3.8) is 0 Å². The Bertz CT molecular complexity index is 666. The van der Waals surface area contributed by atoms with Crippen LogP contribution in [0.2, 0.25) is 0 Å². The van der Waals surface area contributed by atoms with Crippen LogP contribution in [0, 0.1) is 0 Å². The molecule has 23 heavy (non-hydrogen) atoms. The largest absolute Gasteiger partial charge is 0.493 e. The van der Waals surface area contributed by atoms with Crippen LogP contribution >= 0.6 is 11.8 Å². The summed E-state index contributed by atoms with van der Waals surface area (Å²) < 4.78 is 15.8. The Balaban J connectivity index is 1.83. The summed E-state index contributed by atoms with van der Waals surface area (Å²) in [4.78, 5) is 18.7. The average molecular weight is 334 g/mol. The van der Waals surface area contributed by atoms with Gasteiger partial charge in [0, 0.05) is 13.1 Å². The second-order valence-corrected chi connectivity index (χ2v) is 5.97. The summed E-state index contributed by atoms with van der Waals surface area (Å²) >= 11 is 1.17. The van der Waals surface area contributed by atoms with Gasteiger partial charge in [-0.1, -0.05) is 6.07 Å². The number of thioether (sulfide) groups is 1. The number of morpholine rings is 1. The van der Waals surface area contributed by atoms with Gasteiger partial charge in [0.15, 0.2) is 16.7 Å². The first-order valence-corrected chi connectivity index (χ1v) is 8.10. The number of ether oxygens (including phenoxy) is 3. The van der Waals surface area contributed by atoms with Crippen molar-refractivity contribution < 1.29 is 19.0 Å². The zero-order valence-electron chi connectivity index (χ0n) is 13.1. The number of amidine groups is 1. The molecule has 1 aromatic rings. The molecular weight excluding hydrogens is 316 g/mol. The Morgan fingerprint density at radius 2 is 1.96 bits per heavy atom. The fraction of sp³-hybridized carbons (Fsp3) is 0.375. The van der Waals surface area contributed by atoms with E-state index >= 15 is 0 Å². The smallest absolute Gasteiger partial charge is 0.245 e. The lowest BCUT2D eigenvalue weighted by molar-refractivity contribution is -0.107. The minimum Gasteiger partial charge on any atom is -0.493 e. The zero-order chi connectivity index (χ0) is 16.2. The molecule has 0 aromatic heterocycles. The first-order chi connectivity index (χ1) is 11.2. The van der Waals surface area contributed by atoms with Crippen molar-refractivity contribution in [3.05, 3.63) is 29.5 Å². The van der Waals surface area contributed by atoms with E-state index in [1.807, 2.05) is 18.2 Å². The molecule has 122 valence electrons. The van der Waals surface area contributed by atoms with Gasteiger partial charge in [0.05, 0.1) is 27.4 Å². The molecule has 0 aliphatic carbocycles. The Labute approximate surface area is 139 Å². The molecule has 0 saturated carbocycles. The molecule has 7 heteroatoms. The van der Waals surface area contributed by atoms with Crippen molar-refractivity contribution in [1.82, 2.24) is 4.90 Å². The van der Waals surface area contributed by atoms with E-state index < -0.39 is 0 Å². The van der Waals surface area contributed by atoms with Crippen molar-refractivity contribution in [2.24, 2.45) is 4.99 Å². The van der Waals surface area contributed by atoms with Crippen LogP contribution in [-0.2, 0) is 9.53 Å². The minimum atomic E-state index is -0.0405. The normalized spacial score (nSPS) is 19.9. The number of nitrogens with zero attached hydrogens (tertiary/aromatic N) is 2. The van der Waals surface area contributed by atoms with Crippen LogP contribution in [0.1, 0.15) is 5.56 Å². The van der Waals surface area contributed by atoms with E-state index in [4.69, 9.17) is 14.2 Å². The molecule has 2 aliphatic rings. The molecular formula is C16H18N2O4S. The van der Waals surface area contributed by atoms with E-state index in [9.17, 15) is 4.79 Å². The van der Waals surface area contributed by atoms with Gasteiger partial charge in [0.25, 0.3) is 0 Å². The number of carbonyl (C=O) groups is 1. The van der Waals surface area contributed by atoms with Gasteiger partial charge in [-0.2, -0.15) is 0 Å². The van der Waals surface area contributed by atoms with Gasteiger partial charge in [-0.15, -0.1) is 0 Å². The monoisotopic (exact) mass is 334 g/mol. The molecule has 0 unspecified atom stereocenters. The zero-order valence-corrected chi connectivity index (χ0v) is 13.9. The van der Waals surface area contributed by atoms with Gasteiger partial charge in [-0.05, 0) is 35.5 Å². The molecule has 0 N–H and O–H groups in total. The molecule has 2 heterocycles. The lowest BCUT2D eigenvalue weighted by Crippen LogP contribution is -2.38. The number of benzene rings is 1. The standard InChI is InChI=1S/C16H18N2O4S/c1-20-13-4-3-11(10-14(13)21-2)9-12-15(19)23-16(17-12)18-5-7-22-8-6-18/h3-4,9-10H,5-8H2,1-2H3. The number of hydrogen-bond acceptors (Lipinski definition) is 7. The number of hydrogen-bond donors (Lipinski definition) is 0. The third kappa shape index (κ3) is 3.51. The Morgan fingerprint density at radius 1 is 1.22 bits per heavy atom. The highest BCUT2D eigenvalue weighted by Crippen LogP contribution is 2.31. The first kappa shape index (κ1) is 15.9. The average Bonchev–Trinajstić information content (AvgIpc) is 2.96. The fourth-order valence-corrected chi connectivity index (χ4v) is 3.22. The summed E-state index contributed by atoms with van der Waals surface area (Å²) in [5, 5.41) is 0.714. The van der Waals surface area contributed by atoms with Crippen LogP contribution in [0.5, 0.6) is 11.5 Å². The Morgan fingerprint density at radius 3 is 2.65 bits per heavy atom. The third-order valence-corrected chi connectivity index (χ3v) is 4.53. The molecule has 0 spiro atoms. The second kappa shape index (κ2) is 7.06. The summed E-state index contributed by atoms with van der Waals surface area (Å²) in [7, 11) is 3.17. The lowest BCUT2D eigenvalue weighted by atomic mass is 10.1. The van der Waals surface area contributed by atoms with Gasteiger partial charge in [0.1, 0.15) is 5.70 Å². The van der Waals surface area contributed by atoms with Crippen molar-refractivity contribution in [2.45, 2.75) is 0 Å². The predicted molar refractivity (Wildman–Crippen MR) is 89.9 cm³/mol. The van der Waals surface area contributed by atoms with Gasteiger partial charge in [-0.25, -0.2) is 4.99 Å².